The van der Waals surface area contributed by atoms with Gasteiger partial charge in [0.1, 0.15) is 0 Å². The van der Waals surface area contributed by atoms with Crippen LogP contribution in [-0.4, -0.2) is 8.42 Å². The van der Waals surface area contributed by atoms with Crippen molar-refractivity contribution in [2.75, 3.05) is 0 Å². The summed E-state index contributed by atoms with van der Waals surface area (Å²) in [4.78, 5) is 0.138. The maximum Gasteiger partial charge on any atom is 0.261 e. The average Bonchev–Trinajstić information content (AvgIpc) is 1.97. The highest BCUT2D eigenvalue weighted by atomic mass is 127. The Bertz CT molecular complexity index is 421. The van der Waals surface area contributed by atoms with Gasteiger partial charge in [0.15, 0.2) is 0 Å². The number of hydrogen-bond donors (Lipinski definition) is 0. The molecule has 0 aliphatic rings. The molecule has 0 aliphatic heterocycles. The average molecular weight is 395 g/mol. The molecular formula is C7H5BrClIO2S. The van der Waals surface area contributed by atoms with Gasteiger partial charge in [-0.3, -0.25) is 0 Å². The molecule has 0 saturated heterocycles. The smallest absolute Gasteiger partial charge is 0.207 e. The molecule has 2 nitrogen and oxygen atoms in total. The minimum Gasteiger partial charge on any atom is -0.207 e. The molecule has 0 atom stereocenters. The molecule has 0 spiro atoms. The fourth-order valence-corrected chi connectivity index (χ4v) is 2.88. The molecule has 72 valence electrons. The fourth-order valence-electron chi connectivity index (χ4n) is 0.836. The van der Waals surface area contributed by atoms with E-state index in [2.05, 4.69) is 15.9 Å². The van der Waals surface area contributed by atoms with Crippen LogP contribution in [0, 0.1) is 10.5 Å². The van der Waals surface area contributed by atoms with Crippen LogP contribution in [0.15, 0.2) is 21.5 Å². The Morgan fingerprint density at radius 2 is 2.00 bits per heavy atom. The first-order valence-electron chi connectivity index (χ1n) is 3.22. The lowest BCUT2D eigenvalue weighted by Crippen LogP contribution is -1.93. The van der Waals surface area contributed by atoms with Crippen molar-refractivity contribution in [3.63, 3.8) is 0 Å². The normalized spacial score (nSPS) is 11.7. The lowest BCUT2D eigenvalue weighted by Gasteiger charge is -2.03. The van der Waals surface area contributed by atoms with Crippen molar-refractivity contribution >= 4 is 58.3 Å². The molecule has 0 aromatic heterocycles. The molecule has 1 rings (SSSR count). The maximum atomic E-state index is 11.0. The Balaban J connectivity index is 3.47. The topological polar surface area (TPSA) is 34.1 Å². The zero-order chi connectivity index (χ0) is 10.2. The molecule has 0 saturated carbocycles. The number of halogens is 3. The summed E-state index contributed by atoms with van der Waals surface area (Å²) in [5, 5.41) is 0. The Kier molecular flexibility index (Phi) is 3.65. The van der Waals surface area contributed by atoms with E-state index in [1.165, 1.54) is 12.1 Å². The van der Waals surface area contributed by atoms with E-state index in [-0.39, 0.29) is 4.90 Å². The van der Waals surface area contributed by atoms with E-state index in [4.69, 9.17) is 10.7 Å². The van der Waals surface area contributed by atoms with E-state index in [0.29, 0.717) is 0 Å². The second kappa shape index (κ2) is 4.04. The highest BCUT2D eigenvalue weighted by Gasteiger charge is 2.13. The quantitative estimate of drug-likeness (QED) is 0.540. The lowest BCUT2D eigenvalue weighted by molar-refractivity contribution is 0.609. The van der Waals surface area contributed by atoms with E-state index in [1.54, 1.807) is 0 Å². The number of benzene rings is 1. The van der Waals surface area contributed by atoms with Crippen LogP contribution in [0.25, 0.3) is 0 Å². The molecule has 0 amide bonds. The molecule has 6 heteroatoms. The Labute approximate surface area is 103 Å². The highest BCUT2D eigenvalue weighted by molar-refractivity contribution is 14.1. The fraction of sp³-hybridized carbons (Fsp3) is 0.143. The Morgan fingerprint density at radius 3 is 2.38 bits per heavy atom. The third-order valence-electron chi connectivity index (χ3n) is 1.47. The second-order valence-electron chi connectivity index (χ2n) is 2.47. The van der Waals surface area contributed by atoms with Gasteiger partial charge >= 0.3 is 0 Å². The molecule has 1 aromatic carbocycles. The summed E-state index contributed by atoms with van der Waals surface area (Å²) in [6, 6.07) is 3.06. The summed E-state index contributed by atoms with van der Waals surface area (Å²) in [5.74, 6) is 0. The van der Waals surface area contributed by atoms with Crippen molar-refractivity contribution in [1.82, 2.24) is 0 Å². The SMILES string of the molecule is Cc1cc(S(=O)(=O)Cl)cc(I)c1Br. The second-order valence-corrected chi connectivity index (χ2v) is 6.99. The van der Waals surface area contributed by atoms with Gasteiger partial charge in [-0.15, -0.1) is 0 Å². The summed E-state index contributed by atoms with van der Waals surface area (Å²) < 4.78 is 23.7. The molecule has 1 aromatic rings. The third kappa shape index (κ3) is 2.81. The maximum absolute atomic E-state index is 11.0. The van der Waals surface area contributed by atoms with Crippen molar-refractivity contribution in [1.29, 1.82) is 0 Å². The van der Waals surface area contributed by atoms with Crippen LogP contribution in [0.3, 0.4) is 0 Å². The minimum absolute atomic E-state index is 0.138. The van der Waals surface area contributed by atoms with Gasteiger partial charge in [0, 0.05) is 18.7 Å². The highest BCUT2D eigenvalue weighted by Crippen LogP contribution is 2.27. The number of aryl methyl sites for hydroxylation is 1. The summed E-state index contributed by atoms with van der Waals surface area (Å²) in [7, 11) is 1.59. The zero-order valence-corrected chi connectivity index (χ0v) is 11.8. The summed E-state index contributed by atoms with van der Waals surface area (Å²) >= 11 is 5.38. The molecule has 0 bridgehead atoms. The van der Waals surface area contributed by atoms with E-state index >= 15 is 0 Å². The van der Waals surface area contributed by atoms with Gasteiger partial charge in [-0.1, -0.05) is 0 Å². The van der Waals surface area contributed by atoms with Gasteiger partial charge in [0.25, 0.3) is 9.05 Å². The van der Waals surface area contributed by atoms with Crippen molar-refractivity contribution in [3.05, 3.63) is 25.7 Å². The first-order valence-corrected chi connectivity index (χ1v) is 7.41. The number of hydrogen-bond acceptors (Lipinski definition) is 2. The predicted molar refractivity (Wildman–Crippen MR) is 64.6 cm³/mol. The molecule has 0 fully saturated rings. The van der Waals surface area contributed by atoms with Crippen LogP contribution in [0.1, 0.15) is 5.56 Å². The predicted octanol–water partition coefficient (Wildman–Crippen LogP) is 3.29. The van der Waals surface area contributed by atoms with Crippen molar-refractivity contribution in [3.8, 4) is 0 Å². The van der Waals surface area contributed by atoms with E-state index in [9.17, 15) is 8.42 Å². The molecule has 0 N–H and O–H groups in total. The standard InChI is InChI=1S/C7H5BrClIO2S/c1-4-2-5(13(9,11)12)3-6(10)7(4)8/h2-3H,1H3. The van der Waals surface area contributed by atoms with Gasteiger partial charge in [0.05, 0.1) is 4.90 Å². The van der Waals surface area contributed by atoms with Crippen LogP contribution in [0.2, 0.25) is 0 Å². The van der Waals surface area contributed by atoms with Gasteiger partial charge in [-0.05, 0) is 63.1 Å². The van der Waals surface area contributed by atoms with Crippen LogP contribution >= 0.6 is 49.2 Å². The molecule has 0 radical (unpaired) electrons. The monoisotopic (exact) mass is 394 g/mol. The van der Waals surface area contributed by atoms with Crippen molar-refractivity contribution in [2.45, 2.75) is 11.8 Å². The first kappa shape index (κ1) is 11.7. The molecule has 0 unspecified atom stereocenters. The molecule has 13 heavy (non-hydrogen) atoms. The van der Waals surface area contributed by atoms with E-state index in [0.717, 1.165) is 13.6 Å². The Hall–Kier alpha value is 0.670. The zero-order valence-electron chi connectivity index (χ0n) is 6.51. The number of rotatable bonds is 1. The van der Waals surface area contributed by atoms with Gasteiger partial charge in [-0.25, -0.2) is 8.42 Å². The first-order chi connectivity index (χ1) is 5.82. The summed E-state index contributed by atoms with van der Waals surface area (Å²) in [5.41, 5.74) is 0.853. The summed E-state index contributed by atoms with van der Waals surface area (Å²) in [6.45, 7) is 1.82. The van der Waals surface area contributed by atoms with Crippen LogP contribution < -0.4 is 0 Å². The van der Waals surface area contributed by atoms with E-state index in [1.807, 2.05) is 29.5 Å². The van der Waals surface area contributed by atoms with Gasteiger partial charge < -0.3 is 0 Å². The van der Waals surface area contributed by atoms with Gasteiger partial charge in [-0.2, -0.15) is 0 Å². The minimum atomic E-state index is -3.62. The van der Waals surface area contributed by atoms with Crippen molar-refractivity contribution < 1.29 is 8.42 Å². The van der Waals surface area contributed by atoms with E-state index < -0.39 is 9.05 Å². The third-order valence-corrected chi connectivity index (χ3v) is 5.44. The Morgan fingerprint density at radius 1 is 1.46 bits per heavy atom. The van der Waals surface area contributed by atoms with Crippen LogP contribution in [-0.2, 0) is 9.05 Å². The van der Waals surface area contributed by atoms with Crippen LogP contribution in [0.4, 0.5) is 0 Å². The van der Waals surface area contributed by atoms with Crippen molar-refractivity contribution in [2.24, 2.45) is 0 Å². The lowest BCUT2D eigenvalue weighted by atomic mass is 10.2. The molecular weight excluding hydrogens is 390 g/mol. The molecule has 0 aliphatic carbocycles. The van der Waals surface area contributed by atoms with Crippen LogP contribution in [0.5, 0.6) is 0 Å². The molecule has 0 heterocycles. The summed E-state index contributed by atoms with van der Waals surface area (Å²) in [6.07, 6.45) is 0. The van der Waals surface area contributed by atoms with Gasteiger partial charge in [0.2, 0.25) is 0 Å². The largest absolute Gasteiger partial charge is 0.261 e.